The summed E-state index contributed by atoms with van der Waals surface area (Å²) in [6, 6.07) is 0. The largest absolute Gasteiger partial charge is 0.379 e. The van der Waals surface area contributed by atoms with Gasteiger partial charge in [-0.2, -0.15) is 0 Å². The van der Waals surface area contributed by atoms with Crippen LogP contribution in [0.3, 0.4) is 0 Å². The zero-order valence-corrected chi connectivity index (χ0v) is 9.47. The molecule has 1 aliphatic heterocycles. The summed E-state index contributed by atoms with van der Waals surface area (Å²) in [5, 5.41) is 5.39. The van der Waals surface area contributed by atoms with Crippen LogP contribution in [0, 0.1) is 0 Å². The van der Waals surface area contributed by atoms with Gasteiger partial charge in [-0.15, -0.1) is 0 Å². The van der Waals surface area contributed by atoms with Gasteiger partial charge in [-0.25, -0.2) is 4.98 Å². The van der Waals surface area contributed by atoms with Crippen molar-refractivity contribution in [1.29, 1.82) is 0 Å². The third kappa shape index (κ3) is 1.99. The molecule has 5 heteroatoms. The lowest BCUT2D eigenvalue weighted by Gasteiger charge is -2.31. The average molecular weight is 212 g/mol. The number of likely N-dealkylation sites (N-methyl/N-ethyl adjacent to an activating group) is 1. The van der Waals surface area contributed by atoms with E-state index >= 15 is 0 Å². The van der Waals surface area contributed by atoms with E-state index in [2.05, 4.69) is 27.1 Å². The number of hydrogen-bond acceptors (Lipinski definition) is 5. The highest BCUT2D eigenvalue weighted by atomic mass is 32.1. The van der Waals surface area contributed by atoms with Gasteiger partial charge in [0.25, 0.3) is 0 Å². The van der Waals surface area contributed by atoms with Crippen LogP contribution in [0.2, 0.25) is 0 Å². The van der Waals surface area contributed by atoms with Gasteiger partial charge in [0, 0.05) is 33.2 Å². The van der Waals surface area contributed by atoms with Crippen molar-refractivity contribution in [2.45, 2.75) is 0 Å². The summed E-state index contributed by atoms with van der Waals surface area (Å²) in [6.07, 6.45) is 1.90. The number of nitrogens with zero attached hydrogens (tertiary/aromatic N) is 3. The Bertz CT molecular complexity index is 291. The van der Waals surface area contributed by atoms with Crippen molar-refractivity contribution in [2.75, 3.05) is 50.5 Å². The molecule has 0 amide bonds. The van der Waals surface area contributed by atoms with Gasteiger partial charge in [0.1, 0.15) is 5.00 Å². The topological polar surface area (TPSA) is 31.4 Å². The van der Waals surface area contributed by atoms with Crippen LogP contribution < -0.4 is 10.2 Å². The lowest BCUT2D eigenvalue weighted by Crippen LogP contribution is -2.44. The van der Waals surface area contributed by atoms with E-state index in [0.717, 1.165) is 36.3 Å². The van der Waals surface area contributed by atoms with Crippen molar-refractivity contribution in [3.63, 3.8) is 0 Å². The Balaban J connectivity index is 2.01. The smallest absolute Gasteiger partial charge is 0.187 e. The third-order valence-electron chi connectivity index (χ3n) is 2.51. The van der Waals surface area contributed by atoms with Crippen LogP contribution in [-0.4, -0.2) is 50.2 Å². The maximum Gasteiger partial charge on any atom is 0.187 e. The lowest BCUT2D eigenvalue weighted by atomic mass is 10.3. The average Bonchev–Trinajstić information content (AvgIpc) is 2.67. The summed E-state index contributed by atoms with van der Waals surface area (Å²) in [7, 11) is 4.10. The van der Waals surface area contributed by atoms with Crippen LogP contribution in [0.25, 0.3) is 0 Å². The van der Waals surface area contributed by atoms with Crippen LogP contribution >= 0.6 is 11.3 Å². The maximum absolute atomic E-state index is 4.40. The first kappa shape index (κ1) is 9.73. The number of thiazole rings is 1. The van der Waals surface area contributed by atoms with Gasteiger partial charge >= 0.3 is 0 Å². The molecule has 0 aromatic carbocycles. The normalized spacial score (nSPS) is 18.6. The molecule has 4 nitrogen and oxygen atoms in total. The molecule has 0 radical (unpaired) electrons. The number of hydrogen-bond donors (Lipinski definition) is 1. The van der Waals surface area contributed by atoms with Gasteiger partial charge in [0.05, 0.1) is 6.20 Å². The van der Waals surface area contributed by atoms with E-state index in [1.807, 2.05) is 13.2 Å². The van der Waals surface area contributed by atoms with Crippen molar-refractivity contribution >= 4 is 21.5 Å². The summed E-state index contributed by atoms with van der Waals surface area (Å²) in [5.41, 5.74) is 0. The number of rotatable bonds is 2. The molecule has 1 aromatic rings. The minimum Gasteiger partial charge on any atom is -0.379 e. The molecule has 0 spiro atoms. The molecule has 78 valence electrons. The first-order chi connectivity index (χ1) is 6.79. The zero-order chi connectivity index (χ0) is 9.97. The molecule has 2 rings (SSSR count). The second-order valence-electron chi connectivity index (χ2n) is 3.55. The lowest BCUT2D eigenvalue weighted by molar-refractivity contribution is 0.313. The van der Waals surface area contributed by atoms with E-state index in [1.54, 1.807) is 11.3 Å². The molecular weight excluding hydrogens is 196 g/mol. The zero-order valence-electron chi connectivity index (χ0n) is 8.66. The minimum absolute atomic E-state index is 1.09. The summed E-state index contributed by atoms with van der Waals surface area (Å²) in [4.78, 5) is 9.10. The molecule has 0 bridgehead atoms. The van der Waals surface area contributed by atoms with Gasteiger partial charge in [0.15, 0.2) is 5.13 Å². The molecule has 1 saturated heterocycles. The molecule has 0 aliphatic carbocycles. The van der Waals surface area contributed by atoms with Gasteiger partial charge in [-0.1, -0.05) is 11.3 Å². The standard InChI is InChI=1S/C9H16N4S/c1-10-8-7-11-9(14-8)13-5-3-12(2)4-6-13/h7,10H,3-6H2,1-2H3. The molecule has 0 atom stereocenters. The fourth-order valence-electron chi connectivity index (χ4n) is 1.52. The van der Waals surface area contributed by atoms with E-state index in [1.165, 1.54) is 0 Å². The van der Waals surface area contributed by atoms with E-state index < -0.39 is 0 Å². The Labute approximate surface area is 88.5 Å². The maximum atomic E-state index is 4.40. The highest BCUT2D eigenvalue weighted by Gasteiger charge is 2.16. The second kappa shape index (κ2) is 4.14. The van der Waals surface area contributed by atoms with Gasteiger partial charge < -0.3 is 15.1 Å². The number of nitrogens with one attached hydrogen (secondary N) is 1. The summed E-state index contributed by atoms with van der Waals surface area (Å²) < 4.78 is 0. The first-order valence-corrected chi connectivity index (χ1v) is 5.68. The Morgan fingerprint density at radius 1 is 1.36 bits per heavy atom. The SMILES string of the molecule is CNc1cnc(N2CCN(C)CC2)s1. The summed E-state index contributed by atoms with van der Waals surface area (Å²) in [5.74, 6) is 0. The van der Waals surface area contributed by atoms with Crippen molar-refractivity contribution in [3.8, 4) is 0 Å². The van der Waals surface area contributed by atoms with Crippen LogP contribution in [0.5, 0.6) is 0 Å². The molecule has 1 aromatic heterocycles. The van der Waals surface area contributed by atoms with Crippen molar-refractivity contribution in [1.82, 2.24) is 9.88 Å². The van der Waals surface area contributed by atoms with Crippen molar-refractivity contribution < 1.29 is 0 Å². The second-order valence-corrected chi connectivity index (χ2v) is 4.56. The number of aromatic nitrogens is 1. The Morgan fingerprint density at radius 3 is 2.64 bits per heavy atom. The predicted octanol–water partition coefficient (Wildman–Crippen LogP) is 0.937. The molecular formula is C9H16N4S. The summed E-state index contributed by atoms with van der Waals surface area (Å²) in [6.45, 7) is 4.45. The van der Waals surface area contributed by atoms with Crippen molar-refractivity contribution in [2.24, 2.45) is 0 Å². The van der Waals surface area contributed by atoms with Crippen LogP contribution in [-0.2, 0) is 0 Å². The highest BCUT2D eigenvalue weighted by Crippen LogP contribution is 2.26. The molecule has 0 saturated carbocycles. The van der Waals surface area contributed by atoms with E-state index in [4.69, 9.17) is 0 Å². The monoisotopic (exact) mass is 212 g/mol. The quantitative estimate of drug-likeness (QED) is 0.790. The van der Waals surface area contributed by atoms with E-state index in [-0.39, 0.29) is 0 Å². The Morgan fingerprint density at radius 2 is 2.07 bits per heavy atom. The molecule has 1 fully saturated rings. The Kier molecular flexibility index (Phi) is 2.88. The highest BCUT2D eigenvalue weighted by molar-refractivity contribution is 7.19. The minimum atomic E-state index is 1.09. The van der Waals surface area contributed by atoms with Crippen molar-refractivity contribution in [3.05, 3.63) is 6.20 Å². The van der Waals surface area contributed by atoms with Gasteiger partial charge in [0.2, 0.25) is 0 Å². The van der Waals surface area contributed by atoms with Gasteiger partial charge in [-0.3, -0.25) is 0 Å². The fraction of sp³-hybridized carbons (Fsp3) is 0.667. The number of piperazine rings is 1. The van der Waals surface area contributed by atoms with E-state index in [9.17, 15) is 0 Å². The molecule has 1 aliphatic rings. The first-order valence-electron chi connectivity index (χ1n) is 4.86. The number of anilines is 2. The fourth-order valence-corrected chi connectivity index (χ4v) is 2.35. The molecule has 1 N–H and O–H groups in total. The van der Waals surface area contributed by atoms with Gasteiger partial charge in [-0.05, 0) is 7.05 Å². The predicted molar refractivity (Wildman–Crippen MR) is 61.4 cm³/mol. The third-order valence-corrected chi connectivity index (χ3v) is 3.59. The molecule has 2 heterocycles. The van der Waals surface area contributed by atoms with Crippen LogP contribution in [0.15, 0.2) is 6.20 Å². The Hall–Kier alpha value is -0.810. The van der Waals surface area contributed by atoms with Crippen LogP contribution in [0.1, 0.15) is 0 Å². The van der Waals surface area contributed by atoms with Crippen LogP contribution in [0.4, 0.5) is 10.1 Å². The molecule has 14 heavy (non-hydrogen) atoms. The molecule has 0 unspecified atom stereocenters. The summed E-state index contributed by atoms with van der Waals surface area (Å²) >= 11 is 1.73. The van der Waals surface area contributed by atoms with E-state index in [0.29, 0.717) is 0 Å².